The predicted octanol–water partition coefficient (Wildman–Crippen LogP) is 1.58. The van der Waals surface area contributed by atoms with Gasteiger partial charge >= 0.3 is 6.03 Å². The second-order valence-corrected chi connectivity index (χ2v) is 6.06. The van der Waals surface area contributed by atoms with Crippen LogP contribution in [0, 0.1) is 5.92 Å². The van der Waals surface area contributed by atoms with Gasteiger partial charge in [0.15, 0.2) is 5.16 Å². The molecule has 22 heavy (non-hydrogen) atoms. The van der Waals surface area contributed by atoms with Crippen LogP contribution in [0.3, 0.4) is 0 Å². The summed E-state index contributed by atoms with van der Waals surface area (Å²) in [5, 5.41) is 10.1. The Morgan fingerprint density at radius 2 is 1.95 bits per heavy atom. The standard InChI is InChI=1S/C14H17N5O2S/c1-9(2)11(12(20)17-13(15)21)22-14-18-16-8-19(14)10-6-4-3-5-7-10/h3-9,11H,1-2H3,(H3,15,17,20,21)/t11-/m0/s1. The molecule has 0 radical (unpaired) electrons. The van der Waals surface area contributed by atoms with E-state index in [-0.39, 0.29) is 5.92 Å². The molecule has 0 fully saturated rings. The minimum Gasteiger partial charge on any atom is -0.351 e. The number of amides is 3. The van der Waals surface area contributed by atoms with Crippen LogP contribution in [0.25, 0.3) is 5.69 Å². The molecule has 1 atom stereocenters. The van der Waals surface area contributed by atoms with Crippen molar-refractivity contribution in [2.45, 2.75) is 24.3 Å². The molecule has 1 aromatic carbocycles. The number of imide groups is 1. The van der Waals surface area contributed by atoms with E-state index < -0.39 is 17.2 Å². The summed E-state index contributed by atoms with van der Waals surface area (Å²) in [5.41, 5.74) is 5.91. The number of primary amides is 1. The Labute approximate surface area is 132 Å². The highest BCUT2D eigenvalue weighted by Gasteiger charge is 2.26. The molecule has 8 heteroatoms. The Morgan fingerprint density at radius 3 is 2.55 bits per heavy atom. The Bertz CT molecular complexity index is 656. The van der Waals surface area contributed by atoms with Crippen LogP contribution < -0.4 is 11.1 Å². The number of hydrogen-bond donors (Lipinski definition) is 2. The number of nitrogens with two attached hydrogens (primary N) is 1. The molecule has 1 heterocycles. The van der Waals surface area contributed by atoms with E-state index in [0.29, 0.717) is 5.16 Å². The van der Waals surface area contributed by atoms with Gasteiger partial charge in [0.2, 0.25) is 5.91 Å². The van der Waals surface area contributed by atoms with Crippen LogP contribution in [0.5, 0.6) is 0 Å². The Balaban J connectivity index is 2.23. The summed E-state index contributed by atoms with van der Waals surface area (Å²) < 4.78 is 1.79. The molecule has 3 N–H and O–H groups in total. The second-order valence-electron chi connectivity index (χ2n) is 4.96. The zero-order chi connectivity index (χ0) is 16.1. The van der Waals surface area contributed by atoms with Gasteiger partial charge in [0.1, 0.15) is 6.33 Å². The average Bonchev–Trinajstić information content (AvgIpc) is 2.92. The number of benzene rings is 1. The van der Waals surface area contributed by atoms with Gasteiger partial charge in [-0.25, -0.2) is 4.79 Å². The van der Waals surface area contributed by atoms with Crippen molar-refractivity contribution in [2.24, 2.45) is 11.7 Å². The first-order chi connectivity index (χ1) is 10.5. The Kier molecular flexibility index (Phi) is 5.16. The first-order valence-corrected chi connectivity index (χ1v) is 7.59. The van der Waals surface area contributed by atoms with Gasteiger partial charge in [-0.05, 0) is 18.1 Å². The summed E-state index contributed by atoms with van der Waals surface area (Å²) in [4.78, 5) is 23.0. The summed E-state index contributed by atoms with van der Waals surface area (Å²) in [5.74, 6) is -0.444. The molecule has 0 bridgehead atoms. The van der Waals surface area contributed by atoms with Crippen molar-refractivity contribution in [1.82, 2.24) is 20.1 Å². The fourth-order valence-corrected chi connectivity index (χ4v) is 2.89. The molecule has 0 aliphatic heterocycles. The van der Waals surface area contributed by atoms with Crippen molar-refractivity contribution in [3.63, 3.8) is 0 Å². The lowest BCUT2D eigenvalue weighted by atomic mass is 10.1. The quantitative estimate of drug-likeness (QED) is 0.814. The number of nitrogens with zero attached hydrogens (tertiary/aromatic N) is 3. The molecule has 116 valence electrons. The third kappa shape index (κ3) is 3.85. The number of carbonyl (C=O) groups is 2. The van der Waals surface area contributed by atoms with E-state index in [0.717, 1.165) is 5.69 Å². The maximum absolute atomic E-state index is 12.1. The van der Waals surface area contributed by atoms with Crippen LogP contribution in [0.15, 0.2) is 41.8 Å². The highest BCUT2D eigenvalue weighted by Crippen LogP contribution is 2.28. The third-order valence-electron chi connectivity index (χ3n) is 2.89. The zero-order valence-electron chi connectivity index (χ0n) is 12.3. The lowest BCUT2D eigenvalue weighted by molar-refractivity contribution is -0.120. The molecule has 0 aliphatic carbocycles. The number of hydrogen-bond acceptors (Lipinski definition) is 5. The number of rotatable bonds is 5. The number of urea groups is 1. The van der Waals surface area contributed by atoms with Crippen molar-refractivity contribution in [2.75, 3.05) is 0 Å². The van der Waals surface area contributed by atoms with Crippen molar-refractivity contribution in [1.29, 1.82) is 0 Å². The molecule has 7 nitrogen and oxygen atoms in total. The zero-order valence-corrected chi connectivity index (χ0v) is 13.1. The second kappa shape index (κ2) is 7.08. The normalized spacial score (nSPS) is 12.1. The number of aromatic nitrogens is 3. The first kappa shape index (κ1) is 16.0. The minimum atomic E-state index is -0.860. The van der Waals surface area contributed by atoms with E-state index in [1.165, 1.54) is 11.8 Å². The molecule has 1 aromatic heterocycles. The molecular weight excluding hydrogens is 302 g/mol. The predicted molar refractivity (Wildman–Crippen MR) is 83.6 cm³/mol. The third-order valence-corrected chi connectivity index (χ3v) is 4.40. The summed E-state index contributed by atoms with van der Waals surface area (Å²) in [6.45, 7) is 3.78. The van der Waals surface area contributed by atoms with Gasteiger partial charge in [-0.1, -0.05) is 43.8 Å². The van der Waals surface area contributed by atoms with Gasteiger partial charge in [-0.15, -0.1) is 10.2 Å². The Morgan fingerprint density at radius 1 is 1.27 bits per heavy atom. The van der Waals surface area contributed by atoms with Gasteiger partial charge in [0, 0.05) is 5.69 Å². The first-order valence-electron chi connectivity index (χ1n) is 6.71. The number of thioether (sulfide) groups is 1. The fraction of sp³-hybridized carbons (Fsp3) is 0.286. The van der Waals surface area contributed by atoms with Gasteiger partial charge in [0.25, 0.3) is 0 Å². The summed E-state index contributed by atoms with van der Waals surface area (Å²) >= 11 is 1.24. The Hall–Kier alpha value is -2.35. The van der Waals surface area contributed by atoms with E-state index in [4.69, 9.17) is 5.73 Å². The van der Waals surface area contributed by atoms with Gasteiger partial charge in [0.05, 0.1) is 5.25 Å². The number of para-hydroxylation sites is 1. The molecule has 0 aliphatic rings. The molecule has 0 saturated heterocycles. The van der Waals surface area contributed by atoms with Crippen molar-refractivity contribution in [3.05, 3.63) is 36.7 Å². The molecule has 3 amide bonds. The summed E-state index contributed by atoms with van der Waals surface area (Å²) in [7, 11) is 0. The topological polar surface area (TPSA) is 103 Å². The maximum Gasteiger partial charge on any atom is 0.318 e. The van der Waals surface area contributed by atoms with Crippen molar-refractivity contribution in [3.8, 4) is 5.69 Å². The molecule has 0 spiro atoms. The van der Waals surface area contributed by atoms with E-state index in [9.17, 15) is 9.59 Å². The molecule has 2 aromatic rings. The van der Waals surface area contributed by atoms with Crippen LogP contribution in [0.2, 0.25) is 0 Å². The largest absolute Gasteiger partial charge is 0.351 e. The van der Waals surface area contributed by atoms with E-state index in [1.54, 1.807) is 10.9 Å². The van der Waals surface area contributed by atoms with Gasteiger partial charge in [-0.2, -0.15) is 0 Å². The molecule has 2 rings (SSSR count). The van der Waals surface area contributed by atoms with Gasteiger partial charge in [-0.3, -0.25) is 14.7 Å². The summed E-state index contributed by atoms with van der Waals surface area (Å²) in [6, 6.07) is 8.70. The lowest BCUT2D eigenvalue weighted by Gasteiger charge is -2.18. The van der Waals surface area contributed by atoms with Crippen molar-refractivity contribution >= 4 is 23.7 Å². The summed E-state index contributed by atoms with van der Waals surface area (Å²) in [6.07, 6.45) is 1.58. The van der Waals surface area contributed by atoms with Crippen LogP contribution in [0.4, 0.5) is 4.79 Å². The average molecular weight is 319 g/mol. The van der Waals surface area contributed by atoms with Gasteiger partial charge < -0.3 is 5.73 Å². The van der Waals surface area contributed by atoms with Crippen molar-refractivity contribution < 1.29 is 9.59 Å². The monoisotopic (exact) mass is 319 g/mol. The minimum absolute atomic E-state index is 0.00901. The lowest BCUT2D eigenvalue weighted by Crippen LogP contribution is -2.42. The van der Waals surface area contributed by atoms with Crippen LogP contribution in [0.1, 0.15) is 13.8 Å². The highest BCUT2D eigenvalue weighted by atomic mass is 32.2. The maximum atomic E-state index is 12.1. The van der Waals surface area contributed by atoms with E-state index in [2.05, 4.69) is 15.5 Å². The van der Waals surface area contributed by atoms with E-state index >= 15 is 0 Å². The smallest absolute Gasteiger partial charge is 0.318 e. The van der Waals surface area contributed by atoms with Crippen LogP contribution in [-0.2, 0) is 4.79 Å². The highest BCUT2D eigenvalue weighted by molar-refractivity contribution is 8.00. The number of nitrogens with one attached hydrogen (secondary N) is 1. The molecular formula is C14H17N5O2S. The van der Waals surface area contributed by atoms with Crippen LogP contribution >= 0.6 is 11.8 Å². The fourth-order valence-electron chi connectivity index (χ4n) is 1.87. The van der Waals surface area contributed by atoms with E-state index in [1.807, 2.05) is 44.2 Å². The van der Waals surface area contributed by atoms with Crippen LogP contribution in [-0.4, -0.2) is 32.0 Å². The number of carbonyl (C=O) groups excluding carboxylic acids is 2. The molecule has 0 saturated carbocycles. The molecule has 0 unspecified atom stereocenters. The SMILES string of the molecule is CC(C)[C@H](Sc1nncn1-c1ccccc1)C(=O)NC(N)=O.